The van der Waals surface area contributed by atoms with Crippen LogP contribution in [0.3, 0.4) is 0 Å². The average molecular weight is 429 g/mol. The molecule has 0 spiro atoms. The van der Waals surface area contributed by atoms with Gasteiger partial charge in [0.15, 0.2) is 0 Å². The van der Waals surface area contributed by atoms with E-state index in [-0.39, 0.29) is 18.4 Å². The van der Waals surface area contributed by atoms with Gasteiger partial charge in [-0.3, -0.25) is 0 Å². The smallest absolute Gasteiger partial charge is 0.403 e. The Kier molecular flexibility index (Phi) is 8.49. The quantitative estimate of drug-likeness (QED) is 0.295. The van der Waals surface area contributed by atoms with Gasteiger partial charge in [-0.1, -0.05) is 23.3 Å². The Hall–Kier alpha value is -3.26. The molecule has 9 heteroatoms. The first-order valence-corrected chi connectivity index (χ1v) is 9.45. The van der Waals surface area contributed by atoms with E-state index in [4.69, 9.17) is 4.74 Å². The van der Waals surface area contributed by atoms with Gasteiger partial charge < -0.3 is 22.0 Å². The van der Waals surface area contributed by atoms with E-state index in [1.165, 1.54) is 0 Å². The molecule has 0 bridgehead atoms. The van der Waals surface area contributed by atoms with Crippen molar-refractivity contribution in [3.8, 4) is 0 Å². The van der Waals surface area contributed by atoms with Crippen LogP contribution in [0.2, 0.25) is 0 Å². The minimum absolute atomic E-state index is 0. The zero-order chi connectivity index (χ0) is 20.6. The number of benzene rings is 2. The Morgan fingerprint density at radius 3 is 2.43 bits per heavy atom. The van der Waals surface area contributed by atoms with E-state index in [9.17, 15) is 4.79 Å². The van der Waals surface area contributed by atoms with Crippen molar-refractivity contribution >= 4 is 23.3 Å². The molecule has 2 aromatic carbocycles. The van der Waals surface area contributed by atoms with Crippen LogP contribution in [0.4, 0.5) is 17.3 Å². The lowest BCUT2D eigenvalue weighted by atomic mass is 10.2. The van der Waals surface area contributed by atoms with Crippen LogP contribution in [0.1, 0.15) is 17.3 Å². The number of nitrogens with zero attached hydrogens (tertiary/aromatic N) is 6. The van der Waals surface area contributed by atoms with Crippen LogP contribution in [0, 0.1) is 0 Å². The van der Waals surface area contributed by atoms with Crippen molar-refractivity contribution in [1.82, 2.24) is 9.78 Å². The highest BCUT2D eigenvalue weighted by Crippen LogP contribution is 2.21. The number of ether oxygens (including phenoxy) is 1. The summed E-state index contributed by atoms with van der Waals surface area (Å²) in [6.45, 7) is 3.80. The molecule has 0 unspecified atom stereocenters. The summed E-state index contributed by atoms with van der Waals surface area (Å²) in [4.78, 5) is 14.2. The minimum atomic E-state index is -0.305. The van der Waals surface area contributed by atoms with Crippen LogP contribution in [0.15, 0.2) is 71.2 Å². The van der Waals surface area contributed by atoms with E-state index in [2.05, 4.69) is 27.2 Å². The van der Waals surface area contributed by atoms with Crippen LogP contribution >= 0.6 is 0 Å². The van der Waals surface area contributed by atoms with Gasteiger partial charge in [-0.2, -0.15) is 0 Å². The molecular formula is C21H25ClN6O2. The molecule has 3 aromatic rings. The highest BCUT2D eigenvalue weighted by molar-refractivity contribution is 5.89. The lowest BCUT2D eigenvalue weighted by molar-refractivity contribution is -0.659. The second-order valence-corrected chi connectivity index (χ2v) is 6.46. The van der Waals surface area contributed by atoms with Crippen LogP contribution in [0.5, 0.6) is 0 Å². The number of hydrogen-bond donors (Lipinski definition) is 0. The van der Waals surface area contributed by atoms with E-state index >= 15 is 0 Å². The van der Waals surface area contributed by atoms with Crippen molar-refractivity contribution in [2.75, 3.05) is 24.6 Å². The van der Waals surface area contributed by atoms with E-state index in [1.54, 1.807) is 27.7 Å². The summed E-state index contributed by atoms with van der Waals surface area (Å²) in [6, 6.07) is 16.8. The van der Waals surface area contributed by atoms with Crippen molar-refractivity contribution in [2.45, 2.75) is 6.92 Å². The second kappa shape index (κ2) is 11.1. The molecule has 0 radical (unpaired) electrons. The third kappa shape index (κ3) is 5.87. The van der Waals surface area contributed by atoms with Gasteiger partial charge in [0.25, 0.3) is 0 Å². The third-order valence-electron chi connectivity index (χ3n) is 4.46. The van der Waals surface area contributed by atoms with Crippen molar-refractivity contribution in [3.63, 3.8) is 0 Å². The van der Waals surface area contributed by atoms with Crippen LogP contribution < -0.4 is 21.9 Å². The molecule has 0 N–H and O–H groups in total. The number of esters is 1. The van der Waals surface area contributed by atoms with Gasteiger partial charge in [0.1, 0.15) is 6.61 Å². The van der Waals surface area contributed by atoms with Crippen LogP contribution in [0.25, 0.3) is 0 Å². The molecule has 1 aromatic heterocycles. The van der Waals surface area contributed by atoms with Gasteiger partial charge in [0, 0.05) is 17.3 Å². The average Bonchev–Trinajstić information content (AvgIpc) is 3.08. The van der Waals surface area contributed by atoms with E-state index in [1.807, 2.05) is 56.6 Å². The molecule has 158 valence electrons. The molecule has 0 amide bonds. The van der Waals surface area contributed by atoms with E-state index in [0.29, 0.717) is 24.7 Å². The van der Waals surface area contributed by atoms with Crippen molar-refractivity contribution in [2.24, 2.45) is 24.3 Å². The van der Waals surface area contributed by atoms with Gasteiger partial charge >= 0.3 is 11.9 Å². The fourth-order valence-corrected chi connectivity index (χ4v) is 2.83. The first kappa shape index (κ1) is 23.0. The van der Waals surface area contributed by atoms with Crippen molar-refractivity contribution < 1.29 is 26.5 Å². The zero-order valence-corrected chi connectivity index (χ0v) is 18.0. The first-order chi connectivity index (χ1) is 14.1. The fraction of sp³-hybridized carbons (Fsp3) is 0.286. The summed E-state index contributed by atoms with van der Waals surface area (Å²) in [5.74, 6) is 0.352. The molecule has 30 heavy (non-hydrogen) atoms. The van der Waals surface area contributed by atoms with E-state index in [0.717, 1.165) is 17.9 Å². The molecule has 0 saturated heterocycles. The number of halogens is 1. The number of likely N-dealkylation sites (N-methyl/N-ethyl adjacent to an activating group) is 1. The largest absolute Gasteiger partial charge is 1.00 e. The summed E-state index contributed by atoms with van der Waals surface area (Å²) >= 11 is 0. The molecule has 0 aliphatic carbocycles. The lowest BCUT2D eigenvalue weighted by Gasteiger charge is -2.22. The Morgan fingerprint density at radius 2 is 1.83 bits per heavy atom. The summed E-state index contributed by atoms with van der Waals surface area (Å²) in [5, 5.41) is 12.6. The summed E-state index contributed by atoms with van der Waals surface area (Å²) in [5.41, 5.74) is 2.35. The number of carbonyl (C=O) groups excluding carboxylic acids is 1. The lowest BCUT2D eigenvalue weighted by Crippen LogP contribution is -3.00. The van der Waals surface area contributed by atoms with Crippen LogP contribution in [-0.2, 0) is 18.8 Å². The summed E-state index contributed by atoms with van der Waals surface area (Å²) in [6.07, 6.45) is 1.68. The topological polar surface area (TPSA) is 76.0 Å². The normalized spacial score (nSPS) is 10.6. The van der Waals surface area contributed by atoms with Gasteiger partial charge in [-0.05, 0) is 48.4 Å². The Morgan fingerprint density at radius 1 is 1.13 bits per heavy atom. The molecule has 0 fully saturated rings. The summed E-state index contributed by atoms with van der Waals surface area (Å²) < 4.78 is 8.84. The summed E-state index contributed by atoms with van der Waals surface area (Å²) in [7, 11) is 3.69. The maximum absolute atomic E-state index is 12.0. The Balaban J connectivity index is 0.00000320. The maximum Gasteiger partial charge on any atom is 0.403 e. The monoisotopic (exact) mass is 428 g/mol. The zero-order valence-electron chi connectivity index (χ0n) is 17.3. The van der Waals surface area contributed by atoms with Gasteiger partial charge in [0.2, 0.25) is 6.33 Å². The Bertz CT molecular complexity index is 953. The molecule has 1 heterocycles. The number of hydrogen-bond acceptors (Lipinski definition) is 6. The number of anilines is 1. The third-order valence-corrected chi connectivity index (χ3v) is 4.46. The number of carbonyl (C=O) groups is 1. The van der Waals surface area contributed by atoms with Crippen molar-refractivity contribution in [3.05, 3.63) is 66.5 Å². The van der Waals surface area contributed by atoms with Crippen molar-refractivity contribution in [1.29, 1.82) is 0 Å². The molecule has 0 saturated carbocycles. The number of rotatable bonds is 8. The highest BCUT2D eigenvalue weighted by atomic mass is 35.5. The number of aryl methyl sites for hydroxylation is 2. The molecular weight excluding hydrogens is 404 g/mol. The van der Waals surface area contributed by atoms with Gasteiger partial charge in [0.05, 0.1) is 31.9 Å². The Labute approximate surface area is 182 Å². The number of azo groups is 1. The molecule has 0 atom stereocenters. The predicted molar refractivity (Wildman–Crippen MR) is 110 cm³/mol. The maximum atomic E-state index is 12.0. The molecule has 0 aliphatic heterocycles. The molecule has 8 nitrogen and oxygen atoms in total. The SMILES string of the molecule is CCN(CCOC(=O)c1ccccc1)c1ccc(N=Nc2n(C)nc[n+]2C)cc1.[Cl-]. The fourth-order valence-electron chi connectivity index (χ4n) is 2.83. The first-order valence-electron chi connectivity index (χ1n) is 9.45. The minimum Gasteiger partial charge on any atom is -1.00 e. The van der Waals surface area contributed by atoms with Gasteiger partial charge in [-0.15, -0.1) is 4.68 Å². The standard InChI is InChI=1S/C21H25N6O2.ClH/c1-4-27(14-15-29-20(28)17-8-6-5-7-9-17)19-12-10-18(11-13-19)23-24-21-25(2)16-22-26(21)3;/h5-13,16H,4,14-15H2,1-3H3;1H/q+1;/p-1. The molecule has 0 aliphatic rings. The second-order valence-electron chi connectivity index (χ2n) is 6.46. The molecule has 3 rings (SSSR count). The van der Waals surface area contributed by atoms with Gasteiger partial charge in [-0.25, -0.2) is 9.36 Å². The van der Waals surface area contributed by atoms with E-state index < -0.39 is 0 Å². The van der Waals surface area contributed by atoms with Crippen LogP contribution in [-0.4, -0.2) is 35.4 Å². The number of aromatic nitrogens is 3. The highest BCUT2D eigenvalue weighted by Gasteiger charge is 2.12. The predicted octanol–water partition coefficient (Wildman–Crippen LogP) is 0.347.